The molecule has 0 aromatic rings. The van der Waals surface area contributed by atoms with Gasteiger partial charge in [-0.1, -0.05) is 6.92 Å². The highest BCUT2D eigenvalue weighted by molar-refractivity contribution is 6.61. The summed E-state index contributed by atoms with van der Waals surface area (Å²) in [6, 6.07) is 0. The van der Waals surface area contributed by atoms with Gasteiger partial charge in [0, 0.05) is 32.1 Å². The fraction of sp³-hybridized carbons (Fsp3) is 0.923. The van der Waals surface area contributed by atoms with E-state index in [1.165, 1.54) is 5.71 Å². The summed E-state index contributed by atoms with van der Waals surface area (Å²) in [4.78, 5) is 6.97. The molecule has 6 heteroatoms. The van der Waals surface area contributed by atoms with E-state index in [4.69, 9.17) is 13.3 Å². The molecule has 0 saturated heterocycles. The van der Waals surface area contributed by atoms with Gasteiger partial charge in [-0.3, -0.25) is 9.89 Å². The third kappa shape index (κ3) is 4.64. The summed E-state index contributed by atoms with van der Waals surface area (Å²) in [6.45, 7) is 13.0. The molecular formula is C13H28N2O3Si. The Bertz CT molecular complexity index is 283. The van der Waals surface area contributed by atoms with Crippen LogP contribution in [0.15, 0.2) is 4.99 Å². The topological polar surface area (TPSA) is 43.3 Å². The predicted molar refractivity (Wildman–Crippen MR) is 79.4 cm³/mol. The largest absolute Gasteiger partial charge is 0.515 e. The van der Waals surface area contributed by atoms with Crippen molar-refractivity contribution in [1.29, 1.82) is 0 Å². The minimum absolute atomic E-state index is 0.244. The first-order chi connectivity index (χ1) is 9.10. The smallest absolute Gasteiger partial charge is 0.373 e. The van der Waals surface area contributed by atoms with Crippen LogP contribution in [0.3, 0.4) is 0 Å². The second-order valence-electron chi connectivity index (χ2n) is 4.64. The Labute approximate surface area is 118 Å². The summed E-state index contributed by atoms with van der Waals surface area (Å²) in [5, 5.41) is 0. The average molecular weight is 288 g/mol. The molecule has 0 radical (unpaired) electrons. The van der Waals surface area contributed by atoms with Crippen LogP contribution in [-0.4, -0.2) is 58.1 Å². The average Bonchev–Trinajstić information content (AvgIpc) is 2.70. The van der Waals surface area contributed by atoms with Crippen LogP contribution in [-0.2, 0) is 13.3 Å². The lowest BCUT2D eigenvalue weighted by Crippen LogP contribution is -2.56. The molecule has 112 valence electrons. The summed E-state index contributed by atoms with van der Waals surface area (Å²) < 4.78 is 17.7. The first-order valence-corrected chi connectivity index (χ1v) is 9.23. The molecule has 1 atom stereocenters. The van der Waals surface area contributed by atoms with Gasteiger partial charge < -0.3 is 13.3 Å². The highest BCUT2D eigenvalue weighted by Gasteiger charge is 2.44. The van der Waals surface area contributed by atoms with Gasteiger partial charge in [-0.05, 0) is 34.1 Å². The van der Waals surface area contributed by atoms with Crippen LogP contribution in [0, 0.1) is 0 Å². The Morgan fingerprint density at radius 3 is 2.05 bits per heavy atom. The predicted octanol–water partition coefficient (Wildman–Crippen LogP) is 2.09. The van der Waals surface area contributed by atoms with E-state index in [-0.39, 0.29) is 6.17 Å². The van der Waals surface area contributed by atoms with Crippen molar-refractivity contribution in [3.05, 3.63) is 0 Å². The zero-order valence-corrected chi connectivity index (χ0v) is 13.9. The number of rotatable bonds is 9. The summed E-state index contributed by atoms with van der Waals surface area (Å²) in [7, 11) is -2.60. The zero-order valence-electron chi connectivity index (χ0n) is 12.9. The number of aliphatic imine (C=N–C) groups is 1. The van der Waals surface area contributed by atoms with Crippen LogP contribution in [0.25, 0.3) is 0 Å². The van der Waals surface area contributed by atoms with E-state index >= 15 is 0 Å². The fourth-order valence-electron chi connectivity index (χ4n) is 2.46. The molecule has 1 unspecified atom stereocenters. The van der Waals surface area contributed by atoms with Gasteiger partial charge in [0.15, 0.2) is 0 Å². The SMILES string of the molecule is CCO[Si](CN1CC(C)=NC1CC)(OCC)OCC. The van der Waals surface area contributed by atoms with E-state index in [0.717, 1.165) is 19.1 Å². The van der Waals surface area contributed by atoms with Crippen molar-refractivity contribution in [2.45, 2.75) is 47.2 Å². The van der Waals surface area contributed by atoms with Gasteiger partial charge in [0.2, 0.25) is 0 Å². The molecule has 0 aromatic carbocycles. The monoisotopic (exact) mass is 288 g/mol. The van der Waals surface area contributed by atoms with Crippen LogP contribution in [0.2, 0.25) is 0 Å². The van der Waals surface area contributed by atoms with Crippen LogP contribution in [0.4, 0.5) is 0 Å². The third-order valence-electron chi connectivity index (χ3n) is 3.08. The number of hydrogen-bond acceptors (Lipinski definition) is 5. The first-order valence-electron chi connectivity index (χ1n) is 7.29. The molecule has 0 spiro atoms. The van der Waals surface area contributed by atoms with Gasteiger partial charge in [0.05, 0.1) is 6.17 Å². The Balaban J connectivity index is 2.75. The van der Waals surface area contributed by atoms with E-state index in [0.29, 0.717) is 19.8 Å². The van der Waals surface area contributed by atoms with Crippen LogP contribution in [0.1, 0.15) is 41.0 Å². The molecule has 1 aliphatic rings. The van der Waals surface area contributed by atoms with Crippen molar-refractivity contribution >= 4 is 14.5 Å². The molecule has 0 aliphatic carbocycles. The highest BCUT2D eigenvalue weighted by Crippen LogP contribution is 2.19. The van der Waals surface area contributed by atoms with Crippen LogP contribution >= 0.6 is 0 Å². The van der Waals surface area contributed by atoms with Crippen molar-refractivity contribution in [2.75, 3.05) is 32.5 Å². The van der Waals surface area contributed by atoms with Crippen molar-refractivity contribution < 1.29 is 13.3 Å². The second kappa shape index (κ2) is 8.11. The normalized spacial score (nSPS) is 20.9. The Morgan fingerprint density at radius 2 is 1.63 bits per heavy atom. The Kier molecular flexibility index (Phi) is 7.16. The summed E-state index contributed by atoms with van der Waals surface area (Å²) in [5.74, 6) is 0. The minimum Gasteiger partial charge on any atom is -0.373 e. The molecule has 0 saturated carbocycles. The molecule has 5 nitrogen and oxygen atoms in total. The first kappa shape index (κ1) is 16.8. The van der Waals surface area contributed by atoms with E-state index in [9.17, 15) is 0 Å². The summed E-state index contributed by atoms with van der Waals surface area (Å²) in [6.07, 6.45) is 1.97. The maximum Gasteiger partial charge on any atom is 0.515 e. The molecule has 19 heavy (non-hydrogen) atoms. The number of nitrogens with zero attached hydrogens (tertiary/aromatic N) is 2. The van der Waals surface area contributed by atoms with E-state index in [1.54, 1.807) is 0 Å². The van der Waals surface area contributed by atoms with Crippen molar-refractivity contribution in [3.63, 3.8) is 0 Å². The van der Waals surface area contributed by atoms with Gasteiger partial charge in [0.25, 0.3) is 0 Å². The zero-order chi connectivity index (χ0) is 14.3. The lowest BCUT2D eigenvalue weighted by Gasteiger charge is -2.33. The molecule has 0 amide bonds. The maximum absolute atomic E-state index is 5.90. The number of hydrogen-bond donors (Lipinski definition) is 0. The fourth-order valence-corrected chi connectivity index (χ4v) is 5.12. The van der Waals surface area contributed by atoms with Gasteiger partial charge in [-0.2, -0.15) is 0 Å². The van der Waals surface area contributed by atoms with Gasteiger partial charge in [-0.25, -0.2) is 0 Å². The highest BCUT2D eigenvalue weighted by atomic mass is 28.4. The van der Waals surface area contributed by atoms with Gasteiger partial charge >= 0.3 is 8.80 Å². The molecule has 1 rings (SSSR count). The van der Waals surface area contributed by atoms with Crippen LogP contribution < -0.4 is 0 Å². The van der Waals surface area contributed by atoms with E-state index in [2.05, 4.69) is 23.7 Å². The molecular weight excluding hydrogens is 260 g/mol. The van der Waals surface area contributed by atoms with E-state index in [1.807, 2.05) is 20.8 Å². The maximum atomic E-state index is 5.90. The van der Waals surface area contributed by atoms with Crippen molar-refractivity contribution in [3.8, 4) is 0 Å². The summed E-state index contributed by atoms with van der Waals surface area (Å²) in [5.41, 5.74) is 1.18. The molecule has 1 aliphatic heterocycles. The molecule has 0 bridgehead atoms. The van der Waals surface area contributed by atoms with Crippen molar-refractivity contribution in [1.82, 2.24) is 4.90 Å². The van der Waals surface area contributed by atoms with Crippen molar-refractivity contribution in [2.24, 2.45) is 4.99 Å². The van der Waals surface area contributed by atoms with E-state index < -0.39 is 8.80 Å². The second-order valence-corrected chi connectivity index (χ2v) is 7.19. The molecule has 1 heterocycles. The Hall–Kier alpha value is -0.273. The quantitative estimate of drug-likeness (QED) is 0.609. The lowest BCUT2D eigenvalue weighted by atomic mass is 10.4. The lowest BCUT2D eigenvalue weighted by molar-refractivity contribution is 0.0546. The summed E-state index contributed by atoms with van der Waals surface area (Å²) >= 11 is 0. The Morgan fingerprint density at radius 1 is 1.11 bits per heavy atom. The molecule has 0 N–H and O–H groups in total. The van der Waals surface area contributed by atoms with Gasteiger partial charge in [0.1, 0.15) is 6.17 Å². The van der Waals surface area contributed by atoms with Crippen LogP contribution in [0.5, 0.6) is 0 Å². The third-order valence-corrected chi connectivity index (χ3v) is 6.06. The minimum atomic E-state index is -2.60. The molecule has 0 aromatic heterocycles. The molecule has 0 fully saturated rings. The van der Waals surface area contributed by atoms with Gasteiger partial charge in [-0.15, -0.1) is 0 Å². The standard InChI is InChI=1S/C13H28N2O3Si/c1-6-13-14-12(5)10-15(13)11-19(16-7-2,17-8-3)18-9-4/h13H,6-11H2,1-5H3.